The first-order valence-electron chi connectivity index (χ1n) is 30.0. The molecule has 0 spiro atoms. The van der Waals surface area contributed by atoms with Gasteiger partial charge in [0.25, 0.3) is 0 Å². The van der Waals surface area contributed by atoms with E-state index < -0.39 is 12.1 Å². The van der Waals surface area contributed by atoms with Crippen LogP contribution in [0.3, 0.4) is 0 Å². The van der Waals surface area contributed by atoms with E-state index in [0.717, 1.165) is 44.9 Å². The van der Waals surface area contributed by atoms with Crippen molar-refractivity contribution in [1.29, 1.82) is 0 Å². The lowest BCUT2D eigenvalue weighted by Crippen LogP contribution is -2.45. The molecule has 0 heterocycles. The molecule has 0 rings (SSSR count). The number of carbonyl (C=O) groups excluding carboxylic acids is 1. The van der Waals surface area contributed by atoms with Crippen LogP contribution in [-0.2, 0) is 4.79 Å². The van der Waals surface area contributed by atoms with E-state index in [1.54, 1.807) is 6.08 Å². The molecule has 0 aromatic carbocycles. The smallest absolute Gasteiger partial charge is 0.220 e. The van der Waals surface area contributed by atoms with Gasteiger partial charge in [-0.1, -0.05) is 299 Å². The van der Waals surface area contributed by atoms with Crippen LogP contribution in [0.15, 0.2) is 60.8 Å². The van der Waals surface area contributed by atoms with Crippen molar-refractivity contribution in [3.8, 4) is 0 Å². The van der Waals surface area contributed by atoms with Crippen LogP contribution in [0.1, 0.15) is 316 Å². The molecule has 67 heavy (non-hydrogen) atoms. The highest BCUT2D eigenvalue weighted by Crippen LogP contribution is 2.17. The highest BCUT2D eigenvalue weighted by atomic mass is 16.3. The van der Waals surface area contributed by atoms with E-state index in [9.17, 15) is 15.0 Å². The summed E-state index contributed by atoms with van der Waals surface area (Å²) in [6.07, 6.45) is 82.6. The Morgan fingerprint density at radius 1 is 0.358 bits per heavy atom. The molecule has 2 unspecified atom stereocenters. The third kappa shape index (κ3) is 54.9. The van der Waals surface area contributed by atoms with Gasteiger partial charge in [-0.25, -0.2) is 0 Å². The standard InChI is InChI=1S/C63H117NO3/c1-3-5-7-9-11-13-15-17-19-21-23-25-27-29-31-32-33-35-37-39-41-43-45-47-49-51-53-55-57-59-63(67)64-61(60-65)62(66)58-56-54-52-50-48-46-44-42-40-38-36-34-30-28-26-24-22-20-18-16-14-12-10-8-6-4-2/h15,17,21,23,27,29,48,50,56,58,61-62,65-66H,3-14,16,18-20,22,24-26,28,30-47,49,51-55,57,59-60H2,1-2H3,(H,64,67)/b17-15-,23-21-,29-27-,50-48+,58-56+. The lowest BCUT2D eigenvalue weighted by molar-refractivity contribution is -0.123. The number of aliphatic hydroxyl groups excluding tert-OH is 2. The van der Waals surface area contributed by atoms with Crippen molar-refractivity contribution < 1.29 is 15.0 Å². The molecule has 0 bridgehead atoms. The van der Waals surface area contributed by atoms with Crippen molar-refractivity contribution in [2.45, 2.75) is 328 Å². The van der Waals surface area contributed by atoms with Crippen LogP contribution < -0.4 is 5.32 Å². The number of unbranched alkanes of at least 4 members (excludes halogenated alkanes) is 40. The van der Waals surface area contributed by atoms with Crippen molar-refractivity contribution in [2.24, 2.45) is 0 Å². The minimum absolute atomic E-state index is 0.0721. The molecule has 4 heteroatoms. The summed E-state index contributed by atoms with van der Waals surface area (Å²) in [5.74, 6) is -0.0721. The summed E-state index contributed by atoms with van der Waals surface area (Å²) in [6.45, 7) is 4.31. The predicted molar refractivity (Wildman–Crippen MR) is 299 cm³/mol. The number of carbonyl (C=O) groups is 1. The fourth-order valence-electron chi connectivity index (χ4n) is 9.15. The second kappa shape index (κ2) is 58.4. The second-order valence-corrected chi connectivity index (χ2v) is 20.4. The Morgan fingerprint density at radius 2 is 0.627 bits per heavy atom. The van der Waals surface area contributed by atoms with Crippen LogP contribution in [0, 0.1) is 0 Å². The van der Waals surface area contributed by atoms with E-state index in [1.165, 1.54) is 250 Å². The molecule has 0 aliphatic rings. The Balaban J connectivity index is 3.52. The van der Waals surface area contributed by atoms with Crippen LogP contribution in [0.4, 0.5) is 0 Å². The third-order valence-corrected chi connectivity index (χ3v) is 13.7. The maximum Gasteiger partial charge on any atom is 0.220 e. The highest BCUT2D eigenvalue weighted by Gasteiger charge is 2.18. The maximum absolute atomic E-state index is 12.5. The number of nitrogens with one attached hydrogen (secondary N) is 1. The normalized spacial score (nSPS) is 13.2. The van der Waals surface area contributed by atoms with Crippen LogP contribution >= 0.6 is 0 Å². The van der Waals surface area contributed by atoms with Gasteiger partial charge in [-0.2, -0.15) is 0 Å². The molecule has 0 saturated carbocycles. The summed E-state index contributed by atoms with van der Waals surface area (Å²) in [5.41, 5.74) is 0. The molecule has 1 amide bonds. The molecule has 2 atom stereocenters. The molecular weight excluding hydrogens is 819 g/mol. The Labute approximate surface area is 419 Å². The molecule has 0 fully saturated rings. The quantitative estimate of drug-likeness (QED) is 0.0420. The Bertz CT molecular complexity index is 1110. The molecule has 4 nitrogen and oxygen atoms in total. The minimum Gasteiger partial charge on any atom is -0.394 e. The fraction of sp³-hybridized carbons (Fsp3) is 0.825. The summed E-state index contributed by atoms with van der Waals surface area (Å²) < 4.78 is 0. The molecule has 0 aromatic rings. The molecule has 0 aromatic heterocycles. The first-order valence-corrected chi connectivity index (χ1v) is 30.0. The van der Waals surface area contributed by atoms with E-state index in [4.69, 9.17) is 0 Å². The second-order valence-electron chi connectivity index (χ2n) is 20.4. The van der Waals surface area contributed by atoms with E-state index in [0.29, 0.717) is 6.42 Å². The average Bonchev–Trinajstić information content (AvgIpc) is 3.33. The zero-order valence-electron chi connectivity index (χ0n) is 45.2. The van der Waals surface area contributed by atoms with Gasteiger partial charge < -0.3 is 15.5 Å². The lowest BCUT2D eigenvalue weighted by atomic mass is 10.0. The van der Waals surface area contributed by atoms with Gasteiger partial charge in [-0.05, 0) is 70.6 Å². The SMILES string of the molecule is CCCCCCC/C=C\C/C=C\C/C=C\CCCCCCCCCCCCCCCCC(=O)NC(CO)C(O)/C=C/CC/C=C/CCCCCCCCCCCCCCCCCCCCCC. The molecular formula is C63H117NO3. The van der Waals surface area contributed by atoms with E-state index in [-0.39, 0.29) is 12.5 Å². The highest BCUT2D eigenvalue weighted by molar-refractivity contribution is 5.76. The number of hydrogen-bond donors (Lipinski definition) is 3. The van der Waals surface area contributed by atoms with Gasteiger partial charge in [0.15, 0.2) is 0 Å². The number of aliphatic hydroxyl groups is 2. The van der Waals surface area contributed by atoms with Crippen LogP contribution in [0.2, 0.25) is 0 Å². The monoisotopic (exact) mass is 936 g/mol. The van der Waals surface area contributed by atoms with Crippen LogP contribution in [-0.4, -0.2) is 34.9 Å². The van der Waals surface area contributed by atoms with E-state index in [1.807, 2.05) is 6.08 Å². The van der Waals surface area contributed by atoms with Crippen LogP contribution in [0.5, 0.6) is 0 Å². The fourth-order valence-corrected chi connectivity index (χ4v) is 9.15. The molecule has 0 radical (unpaired) electrons. The van der Waals surface area contributed by atoms with Crippen LogP contribution in [0.25, 0.3) is 0 Å². The zero-order valence-corrected chi connectivity index (χ0v) is 45.2. The lowest BCUT2D eigenvalue weighted by Gasteiger charge is -2.19. The topological polar surface area (TPSA) is 69.6 Å². The first-order chi connectivity index (χ1) is 33.2. The number of rotatable bonds is 55. The van der Waals surface area contributed by atoms with Crippen molar-refractivity contribution in [1.82, 2.24) is 5.32 Å². The first kappa shape index (κ1) is 65.1. The van der Waals surface area contributed by atoms with E-state index >= 15 is 0 Å². The summed E-state index contributed by atoms with van der Waals surface area (Å²) in [4.78, 5) is 12.5. The Morgan fingerprint density at radius 3 is 0.970 bits per heavy atom. The van der Waals surface area contributed by atoms with Crippen molar-refractivity contribution in [3.05, 3.63) is 60.8 Å². The molecule has 0 aliphatic carbocycles. The average molecular weight is 937 g/mol. The largest absolute Gasteiger partial charge is 0.394 e. The van der Waals surface area contributed by atoms with E-state index in [2.05, 4.69) is 67.8 Å². The number of amides is 1. The van der Waals surface area contributed by atoms with Gasteiger partial charge in [0.05, 0.1) is 18.8 Å². The van der Waals surface area contributed by atoms with Gasteiger partial charge in [-0.3, -0.25) is 4.79 Å². The van der Waals surface area contributed by atoms with Gasteiger partial charge in [0.1, 0.15) is 0 Å². The number of hydrogen-bond acceptors (Lipinski definition) is 3. The third-order valence-electron chi connectivity index (χ3n) is 13.7. The molecule has 0 saturated heterocycles. The van der Waals surface area contributed by atoms with Gasteiger partial charge in [0.2, 0.25) is 5.91 Å². The van der Waals surface area contributed by atoms with Gasteiger partial charge in [0, 0.05) is 6.42 Å². The maximum atomic E-state index is 12.5. The molecule has 0 aliphatic heterocycles. The van der Waals surface area contributed by atoms with Crippen molar-refractivity contribution in [3.63, 3.8) is 0 Å². The van der Waals surface area contributed by atoms with Gasteiger partial charge in [-0.15, -0.1) is 0 Å². The predicted octanol–water partition coefficient (Wildman–Crippen LogP) is 20.0. The summed E-state index contributed by atoms with van der Waals surface area (Å²) in [5, 5.41) is 23.2. The molecule has 3 N–H and O–H groups in total. The summed E-state index contributed by atoms with van der Waals surface area (Å²) >= 11 is 0. The molecule has 392 valence electrons. The summed E-state index contributed by atoms with van der Waals surface area (Å²) in [6, 6.07) is -0.643. The zero-order chi connectivity index (χ0) is 48.5. The van der Waals surface area contributed by atoms with Crippen molar-refractivity contribution in [2.75, 3.05) is 6.61 Å². The summed E-state index contributed by atoms with van der Waals surface area (Å²) in [7, 11) is 0. The number of allylic oxidation sites excluding steroid dienone is 9. The minimum atomic E-state index is -0.865. The van der Waals surface area contributed by atoms with Gasteiger partial charge >= 0.3 is 0 Å². The van der Waals surface area contributed by atoms with Crippen molar-refractivity contribution >= 4 is 5.91 Å². The Hall–Kier alpha value is -1.91. The Kier molecular flexibility index (Phi) is 56.7.